The van der Waals surface area contributed by atoms with Gasteiger partial charge >= 0.3 is 0 Å². The highest BCUT2D eigenvalue weighted by Gasteiger charge is 2.35. The molecular weight excluding hydrogens is 649 g/mol. The molecule has 0 amide bonds. The van der Waals surface area contributed by atoms with E-state index < -0.39 is 0 Å². The van der Waals surface area contributed by atoms with E-state index in [0.717, 1.165) is 53.7 Å². The van der Waals surface area contributed by atoms with Gasteiger partial charge in [0.1, 0.15) is 7.85 Å². The van der Waals surface area contributed by atoms with E-state index in [4.69, 9.17) is 7.85 Å². The third kappa shape index (κ3) is 10.0. The summed E-state index contributed by atoms with van der Waals surface area (Å²) in [5.74, 6) is 1.56. The second-order valence-corrected chi connectivity index (χ2v) is 18.6. The van der Waals surface area contributed by atoms with Gasteiger partial charge in [-0.05, 0) is 128 Å². The number of benzene rings is 1. The van der Waals surface area contributed by atoms with Crippen LogP contribution in [0.5, 0.6) is 0 Å². The Morgan fingerprint density at radius 3 is 2.22 bits per heavy atom. The molecule has 290 valence electrons. The minimum Gasteiger partial charge on any atom is -0.356 e. The second kappa shape index (κ2) is 18.4. The number of anilines is 1. The molecule has 2 radical (unpaired) electrons. The Bertz CT molecular complexity index is 1820. The summed E-state index contributed by atoms with van der Waals surface area (Å²) in [4.78, 5) is 0. The van der Waals surface area contributed by atoms with Crippen LogP contribution in [0.15, 0.2) is 129 Å². The van der Waals surface area contributed by atoms with Gasteiger partial charge in [0.15, 0.2) is 0 Å². The van der Waals surface area contributed by atoms with E-state index in [-0.39, 0.29) is 16.2 Å². The quantitative estimate of drug-likeness (QED) is 0.0872. The van der Waals surface area contributed by atoms with Gasteiger partial charge in [-0.2, -0.15) is 0 Å². The van der Waals surface area contributed by atoms with E-state index in [2.05, 4.69) is 195 Å². The van der Waals surface area contributed by atoms with Crippen LogP contribution in [0, 0.1) is 41.4 Å². The van der Waals surface area contributed by atoms with Gasteiger partial charge in [-0.1, -0.05) is 160 Å². The number of allylic oxidation sites excluding steroid dienone is 15. The molecule has 2 heteroatoms. The van der Waals surface area contributed by atoms with Crippen molar-refractivity contribution >= 4 is 13.5 Å². The molecule has 1 nitrogen and oxygen atoms in total. The largest absolute Gasteiger partial charge is 0.356 e. The maximum absolute atomic E-state index is 7.16. The smallest absolute Gasteiger partial charge is 0.117 e. The molecule has 1 aromatic carbocycles. The minimum atomic E-state index is -0.147. The van der Waals surface area contributed by atoms with Crippen molar-refractivity contribution in [3.05, 3.63) is 140 Å². The van der Waals surface area contributed by atoms with E-state index in [1.807, 2.05) is 0 Å². The van der Waals surface area contributed by atoms with Gasteiger partial charge in [0.05, 0.1) is 0 Å². The Labute approximate surface area is 334 Å². The summed E-state index contributed by atoms with van der Waals surface area (Å²) in [6, 6.07) is 6.78. The predicted octanol–water partition coefficient (Wildman–Crippen LogP) is 15.2. The van der Waals surface area contributed by atoms with Crippen LogP contribution in [-0.2, 0) is 5.41 Å². The first-order chi connectivity index (χ1) is 25.2. The van der Waals surface area contributed by atoms with E-state index in [0.29, 0.717) is 23.7 Å². The Hall–Kier alpha value is -3.48. The number of nitrogens with one attached hydrogen (secondary N) is 1. The Balaban J connectivity index is 2.26. The minimum absolute atomic E-state index is 0.0318. The fraction of sp³-hybridized carbons (Fsp3) is 0.519. The van der Waals surface area contributed by atoms with Gasteiger partial charge in [-0.15, -0.1) is 12.3 Å². The summed E-state index contributed by atoms with van der Waals surface area (Å²) in [6.07, 6.45) is 22.3. The maximum Gasteiger partial charge on any atom is 0.117 e. The molecule has 0 aromatic heterocycles. The first-order valence-electron chi connectivity index (χ1n) is 20.7. The van der Waals surface area contributed by atoms with E-state index in [1.54, 1.807) is 0 Å². The molecule has 0 spiro atoms. The fourth-order valence-electron chi connectivity index (χ4n) is 8.63. The van der Waals surface area contributed by atoms with Crippen molar-refractivity contribution in [2.45, 2.75) is 142 Å². The molecule has 2 aliphatic carbocycles. The van der Waals surface area contributed by atoms with Crippen LogP contribution in [0.1, 0.15) is 141 Å². The molecule has 54 heavy (non-hydrogen) atoms. The van der Waals surface area contributed by atoms with Gasteiger partial charge in [-0.25, -0.2) is 0 Å². The van der Waals surface area contributed by atoms with Crippen LogP contribution in [0.25, 0.3) is 0 Å². The molecule has 0 heterocycles. The number of rotatable bonds is 14. The predicted molar refractivity (Wildman–Crippen MR) is 242 cm³/mol. The average molecular weight is 724 g/mol. The molecule has 0 saturated carbocycles. The zero-order valence-electron chi connectivity index (χ0n) is 37.3. The van der Waals surface area contributed by atoms with Gasteiger partial charge in [0.2, 0.25) is 0 Å². The molecule has 0 fully saturated rings. The van der Waals surface area contributed by atoms with Gasteiger partial charge in [-0.3, -0.25) is 0 Å². The van der Waals surface area contributed by atoms with Gasteiger partial charge < -0.3 is 5.32 Å². The number of hydrogen-bond donors (Lipinski definition) is 1. The maximum atomic E-state index is 7.16. The van der Waals surface area contributed by atoms with Crippen LogP contribution < -0.4 is 5.32 Å². The monoisotopic (exact) mass is 724 g/mol. The third-order valence-electron chi connectivity index (χ3n) is 12.5. The summed E-state index contributed by atoms with van der Waals surface area (Å²) in [7, 11) is 7.16. The van der Waals surface area contributed by atoms with E-state index in [9.17, 15) is 0 Å². The number of hydrogen-bond acceptors (Lipinski definition) is 1. The van der Waals surface area contributed by atoms with Crippen molar-refractivity contribution in [3.63, 3.8) is 0 Å². The molecule has 0 saturated heterocycles. The fourth-order valence-corrected chi connectivity index (χ4v) is 8.63. The molecule has 4 unspecified atom stereocenters. The van der Waals surface area contributed by atoms with E-state index in [1.165, 1.54) is 39.0 Å². The molecular formula is C52H74BN. The first-order valence-corrected chi connectivity index (χ1v) is 20.7. The second-order valence-electron chi connectivity index (χ2n) is 18.6. The zero-order chi connectivity index (χ0) is 40.8. The summed E-state index contributed by atoms with van der Waals surface area (Å²) in [5.41, 5.74) is 18.4. The SMILES string of the molecule is [B]C1=C(C)C(C)=C=CC(CC2=C(C(C)(C)C)C=CCC2C(C)(C)C)=C1Nc1cccc(C(C)(CC)/C(=C/C=C(\C(C)C)C(/C=C\C)C(C)C=C)CC)c1C. The molecule has 0 aliphatic heterocycles. The van der Waals surface area contributed by atoms with Crippen molar-refractivity contribution in [2.75, 3.05) is 5.32 Å². The van der Waals surface area contributed by atoms with Crippen LogP contribution >= 0.6 is 0 Å². The van der Waals surface area contributed by atoms with Crippen molar-refractivity contribution in [1.29, 1.82) is 0 Å². The molecule has 3 rings (SSSR count). The van der Waals surface area contributed by atoms with Crippen LogP contribution in [-0.4, -0.2) is 7.85 Å². The molecule has 1 aromatic rings. The third-order valence-corrected chi connectivity index (χ3v) is 12.5. The van der Waals surface area contributed by atoms with Crippen molar-refractivity contribution < 1.29 is 0 Å². The lowest BCUT2D eigenvalue weighted by Gasteiger charge is -2.39. The Morgan fingerprint density at radius 1 is 1.02 bits per heavy atom. The topological polar surface area (TPSA) is 12.0 Å². The van der Waals surface area contributed by atoms with E-state index >= 15 is 0 Å². The Kier molecular flexibility index (Phi) is 15.3. The standard InChI is InChI=1S/C52H74BN/c1-18-24-42(35(7)19-2)41(34(5)6)32-31-40(20-3)52(17,21-4)44-25-23-28-47(38(44)10)54-49-39(30-29-36(8)37(9)48(49)53)33-43-45(50(11,12)13)26-22-27-46(43)51(14,15)16/h18-19,22-26,28,30-32,34-35,42,46,54H,2,20-21,27,33H2,1,3-17H3/b24-18-,40-31+,41-32+. The van der Waals surface area contributed by atoms with Crippen molar-refractivity contribution in [1.82, 2.24) is 0 Å². The Morgan fingerprint density at radius 2 is 1.69 bits per heavy atom. The highest BCUT2D eigenvalue weighted by Crippen LogP contribution is 2.47. The van der Waals surface area contributed by atoms with Gasteiger partial charge in [0, 0.05) is 22.7 Å². The highest BCUT2D eigenvalue weighted by molar-refractivity contribution is 6.25. The summed E-state index contributed by atoms with van der Waals surface area (Å²) in [5, 5.41) is 3.97. The zero-order valence-corrected chi connectivity index (χ0v) is 37.3. The summed E-state index contributed by atoms with van der Waals surface area (Å²) in [6.45, 7) is 41.0. The molecule has 0 bridgehead atoms. The lowest BCUT2D eigenvalue weighted by Crippen LogP contribution is -2.28. The molecule has 2 aliphatic rings. The lowest BCUT2D eigenvalue weighted by atomic mass is 9.66. The summed E-state index contributed by atoms with van der Waals surface area (Å²) >= 11 is 0. The first kappa shape index (κ1) is 44.9. The highest BCUT2D eigenvalue weighted by atomic mass is 14.9. The van der Waals surface area contributed by atoms with Crippen LogP contribution in [0.4, 0.5) is 5.69 Å². The van der Waals surface area contributed by atoms with Crippen LogP contribution in [0.3, 0.4) is 0 Å². The normalized spacial score (nSPS) is 20.1. The van der Waals surface area contributed by atoms with Crippen molar-refractivity contribution in [2.24, 2.45) is 34.5 Å². The average Bonchev–Trinajstić information content (AvgIpc) is 3.20. The van der Waals surface area contributed by atoms with Gasteiger partial charge in [0.25, 0.3) is 0 Å². The van der Waals surface area contributed by atoms with Crippen LogP contribution in [0.2, 0.25) is 0 Å². The van der Waals surface area contributed by atoms with Crippen molar-refractivity contribution in [3.8, 4) is 0 Å². The molecule has 4 atom stereocenters. The lowest BCUT2D eigenvalue weighted by molar-refractivity contribution is 0.269. The summed E-state index contributed by atoms with van der Waals surface area (Å²) < 4.78 is 0. The molecule has 1 N–H and O–H groups in total.